The molecule has 36 heavy (non-hydrogen) atoms. The third kappa shape index (κ3) is 4.83. The first-order valence-electron chi connectivity index (χ1n) is 12.2. The van der Waals surface area contributed by atoms with Crippen LogP contribution in [-0.2, 0) is 11.3 Å². The van der Waals surface area contributed by atoms with E-state index in [1.54, 1.807) is 23.2 Å². The number of fused-ring (bicyclic) bond motifs is 1. The number of nitrogens with one attached hydrogen (secondary N) is 1. The van der Waals surface area contributed by atoms with Gasteiger partial charge in [0.2, 0.25) is 5.95 Å². The Labute approximate surface area is 214 Å². The van der Waals surface area contributed by atoms with Crippen LogP contribution in [0, 0.1) is 6.92 Å². The lowest BCUT2D eigenvalue weighted by molar-refractivity contribution is -0.0338. The van der Waals surface area contributed by atoms with Gasteiger partial charge in [0.15, 0.2) is 0 Å². The molecule has 0 saturated carbocycles. The number of pyridine rings is 1. The summed E-state index contributed by atoms with van der Waals surface area (Å²) in [5.41, 5.74) is 4.01. The van der Waals surface area contributed by atoms with E-state index in [2.05, 4.69) is 34.1 Å². The number of hydrogen-bond donors (Lipinski definition) is 1. The van der Waals surface area contributed by atoms with E-state index < -0.39 is 0 Å². The van der Waals surface area contributed by atoms with Gasteiger partial charge in [0.25, 0.3) is 5.56 Å². The highest BCUT2D eigenvalue weighted by Crippen LogP contribution is 2.31. The summed E-state index contributed by atoms with van der Waals surface area (Å²) < 4.78 is 7.51. The number of rotatable bonds is 5. The van der Waals surface area contributed by atoms with Crippen molar-refractivity contribution in [3.8, 4) is 22.4 Å². The SMILES string of the molecule is CCn1c(=O)c(-c2ccc(-c3cncc(C)n3)cc2Cl)cc2cnc(NC3C[C@@H](C)O[C@@H](C)C3)nc21. The number of aryl methyl sites for hydroxylation is 2. The zero-order valence-corrected chi connectivity index (χ0v) is 21.6. The van der Waals surface area contributed by atoms with Gasteiger partial charge in [-0.3, -0.25) is 14.3 Å². The average Bonchev–Trinajstić information content (AvgIpc) is 2.83. The third-order valence-corrected chi connectivity index (χ3v) is 6.80. The summed E-state index contributed by atoms with van der Waals surface area (Å²) in [4.78, 5) is 31.5. The molecule has 186 valence electrons. The Morgan fingerprint density at radius 2 is 1.86 bits per heavy atom. The van der Waals surface area contributed by atoms with E-state index in [9.17, 15) is 4.79 Å². The van der Waals surface area contributed by atoms with E-state index >= 15 is 0 Å². The predicted octanol–water partition coefficient (Wildman–Crippen LogP) is 5.27. The molecule has 4 heterocycles. The van der Waals surface area contributed by atoms with Gasteiger partial charge in [-0.2, -0.15) is 4.98 Å². The first kappa shape index (κ1) is 24.3. The van der Waals surface area contributed by atoms with Gasteiger partial charge in [-0.1, -0.05) is 23.7 Å². The van der Waals surface area contributed by atoms with Gasteiger partial charge in [-0.05, 0) is 52.7 Å². The Hall–Kier alpha value is -3.36. The van der Waals surface area contributed by atoms with Crippen LogP contribution in [0.2, 0.25) is 5.02 Å². The highest BCUT2D eigenvalue weighted by molar-refractivity contribution is 6.33. The summed E-state index contributed by atoms with van der Waals surface area (Å²) in [7, 11) is 0. The number of nitrogens with zero attached hydrogens (tertiary/aromatic N) is 5. The third-order valence-electron chi connectivity index (χ3n) is 6.48. The first-order valence-corrected chi connectivity index (χ1v) is 12.6. The molecule has 1 N–H and O–H groups in total. The largest absolute Gasteiger partial charge is 0.375 e. The maximum atomic E-state index is 13.5. The van der Waals surface area contributed by atoms with Gasteiger partial charge in [0, 0.05) is 52.1 Å². The van der Waals surface area contributed by atoms with Crippen LogP contribution >= 0.6 is 11.6 Å². The minimum absolute atomic E-state index is 0.145. The second-order valence-corrected chi connectivity index (χ2v) is 9.80. The summed E-state index contributed by atoms with van der Waals surface area (Å²) in [5, 5.41) is 4.68. The monoisotopic (exact) mass is 504 g/mol. The molecule has 8 nitrogen and oxygen atoms in total. The maximum Gasteiger partial charge on any atom is 0.260 e. The van der Waals surface area contributed by atoms with E-state index in [0.717, 1.165) is 35.2 Å². The minimum Gasteiger partial charge on any atom is -0.375 e. The van der Waals surface area contributed by atoms with Crippen LogP contribution in [0.5, 0.6) is 0 Å². The Morgan fingerprint density at radius 1 is 1.08 bits per heavy atom. The zero-order valence-electron chi connectivity index (χ0n) is 20.8. The molecule has 0 bridgehead atoms. The fourth-order valence-corrected chi connectivity index (χ4v) is 5.20. The van der Waals surface area contributed by atoms with E-state index in [1.165, 1.54) is 0 Å². The van der Waals surface area contributed by atoms with E-state index in [0.29, 0.717) is 34.3 Å². The molecule has 9 heteroatoms. The molecule has 3 atom stereocenters. The zero-order chi connectivity index (χ0) is 25.4. The summed E-state index contributed by atoms with van der Waals surface area (Å²) in [6, 6.07) is 7.62. The second kappa shape index (κ2) is 9.95. The Bertz CT molecular complexity index is 1480. The fraction of sp³-hybridized carbons (Fsp3) is 0.370. The fourth-order valence-electron chi connectivity index (χ4n) is 4.92. The van der Waals surface area contributed by atoms with Crippen LogP contribution in [0.1, 0.15) is 39.3 Å². The van der Waals surface area contributed by atoms with Crippen LogP contribution in [0.25, 0.3) is 33.4 Å². The van der Waals surface area contributed by atoms with Crippen molar-refractivity contribution >= 4 is 28.6 Å². The summed E-state index contributed by atoms with van der Waals surface area (Å²) in [6.07, 6.45) is 7.28. The molecule has 1 aliphatic rings. The molecule has 5 rings (SSSR count). The molecule has 1 aliphatic heterocycles. The number of aromatic nitrogens is 5. The Kier molecular flexibility index (Phi) is 6.73. The van der Waals surface area contributed by atoms with Crippen molar-refractivity contribution in [3.05, 3.63) is 63.9 Å². The molecule has 1 aromatic carbocycles. The number of anilines is 1. The number of ether oxygens (including phenoxy) is 1. The van der Waals surface area contributed by atoms with E-state index in [4.69, 9.17) is 21.3 Å². The van der Waals surface area contributed by atoms with Gasteiger partial charge >= 0.3 is 0 Å². The average molecular weight is 505 g/mol. The van der Waals surface area contributed by atoms with Crippen molar-refractivity contribution < 1.29 is 4.74 Å². The van der Waals surface area contributed by atoms with Gasteiger partial charge in [0.1, 0.15) is 5.65 Å². The van der Waals surface area contributed by atoms with Crippen molar-refractivity contribution in [1.82, 2.24) is 24.5 Å². The van der Waals surface area contributed by atoms with Crippen molar-refractivity contribution in [2.45, 2.75) is 65.3 Å². The topological polar surface area (TPSA) is 94.8 Å². The van der Waals surface area contributed by atoms with Gasteiger partial charge in [0.05, 0.1) is 29.8 Å². The lowest BCUT2D eigenvalue weighted by Gasteiger charge is -2.32. The minimum atomic E-state index is -0.145. The molecule has 0 amide bonds. The lowest BCUT2D eigenvalue weighted by atomic mass is 10.0. The van der Waals surface area contributed by atoms with E-state index in [1.807, 2.05) is 38.1 Å². The van der Waals surface area contributed by atoms with Gasteiger partial charge in [-0.25, -0.2) is 9.97 Å². The van der Waals surface area contributed by atoms with Crippen molar-refractivity contribution in [1.29, 1.82) is 0 Å². The van der Waals surface area contributed by atoms with Crippen LogP contribution in [-0.4, -0.2) is 42.8 Å². The van der Waals surface area contributed by atoms with Crippen molar-refractivity contribution in [3.63, 3.8) is 0 Å². The smallest absolute Gasteiger partial charge is 0.260 e. The predicted molar refractivity (Wildman–Crippen MR) is 142 cm³/mol. The van der Waals surface area contributed by atoms with Gasteiger partial charge in [-0.15, -0.1) is 0 Å². The molecule has 0 spiro atoms. The molecular weight excluding hydrogens is 476 g/mol. The Balaban J connectivity index is 1.51. The number of benzene rings is 1. The van der Waals surface area contributed by atoms with E-state index in [-0.39, 0.29) is 23.8 Å². The van der Waals surface area contributed by atoms with Crippen LogP contribution in [0.3, 0.4) is 0 Å². The maximum absolute atomic E-state index is 13.5. The highest BCUT2D eigenvalue weighted by Gasteiger charge is 2.25. The molecule has 3 aromatic heterocycles. The molecule has 1 fully saturated rings. The summed E-state index contributed by atoms with van der Waals surface area (Å²) >= 11 is 6.68. The Morgan fingerprint density at radius 3 is 2.56 bits per heavy atom. The molecule has 1 saturated heterocycles. The van der Waals surface area contributed by atoms with Crippen molar-refractivity contribution in [2.75, 3.05) is 5.32 Å². The van der Waals surface area contributed by atoms with Crippen LogP contribution < -0.4 is 10.9 Å². The highest BCUT2D eigenvalue weighted by atomic mass is 35.5. The molecule has 1 unspecified atom stereocenters. The number of hydrogen-bond acceptors (Lipinski definition) is 7. The summed E-state index contributed by atoms with van der Waals surface area (Å²) in [5.74, 6) is 0.518. The molecular formula is C27H29ClN6O2. The second-order valence-electron chi connectivity index (χ2n) is 9.39. The molecule has 0 radical (unpaired) electrons. The van der Waals surface area contributed by atoms with Gasteiger partial charge < -0.3 is 10.1 Å². The first-order chi connectivity index (χ1) is 17.3. The van der Waals surface area contributed by atoms with Crippen LogP contribution in [0.15, 0.2) is 47.7 Å². The normalized spacial score (nSPS) is 20.0. The quantitative estimate of drug-likeness (QED) is 0.396. The summed E-state index contributed by atoms with van der Waals surface area (Å²) in [6.45, 7) is 8.45. The molecule has 0 aliphatic carbocycles. The van der Waals surface area contributed by atoms with Crippen molar-refractivity contribution in [2.24, 2.45) is 0 Å². The lowest BCUT2D eigenvalue weighted by Crippen LogP contribution is -2.37. The number of halogens is 1. The van der Waals surface area contributed by atoms with Crippen LogP contribution in [0.4, 0.5) is 5.95 Å². The standard InChI is InChI=1S/C27H29ClN6O2/c1-5-34-25-19(13-30-27(33-25)32-20-8-16(3)36-17(4)9-20)10-22(26(34)35)21-7-6-18(11-23(21)28)24-14-29-12-15(2)31-24/h6-7,10-14,16-17,20H,5,8-9H2,1-4H3,(H,30,32,33)/t16-,17+,20?. The molecule has 4 aromatic rings.